The zero-order valence-electron chi connectivity index (χ0n) is 10.8. The van der Waals surface area contributed by atoms with Gasteiger partial charge in [0, 0.05) is 0 Å². The second kappa shape index (κ2) is 6.70. The summed E-state index contributed by atoms with van der Waals surface area (Å²) in [5.41, 5.74) is 4.19. The summed E-state index contributed by atoms with van der Waals surface area (Å²) in [7, 11) is 0. The van der Waals surface area contributed by atoms with Gasteiger partial charge in [-0.05, 0) is 43.0 Å². The molecule has 0 bridgehead atoms. The van der Waals surface area contributed by atoms with Gasteiger partial charge in [0.1, 0.15) is 0 Å². The normalized spacial score (nSPS) is 11.2. The minimum atomic E-state index is 0.757. The maximum Gasteiger partial charge on any atom is 0.0994 e. The largest absolute Gasteiger partial charge is 0.192 e. The van der Waals surface area contributed by atoms with Crippen LogP contribution in [0.15, 0.2) is 30.4 Å². The van der Waals surface area contributed by atoms with Gasteiger partial charge in [-0.15, -0.1) is 0 Å². The molecule has 1 aromatic carbocycles. The number of nitriles is 1. The Morgan fingerprint density at radius 2 is 2.00 bits per heavy atom. The predicted octanol–water partition coefficient (Wildman–Crippen LogP) is 4.54. The molecule has 0 unspecified atom stereocenters. The molecule has 0 fully saturated rings. The Morgan fingerprint density at radius 3 is 2.65 bits per heavy atom. The summed E-state index contributed by atoms with van der Waals surface area (Å²) < 4.78 is 0. The molecule has 1 aromatic rings. The highest BCUT2D eigenvalue weighted by molar-refractivity contribution is 5.62. The van der Waals surface area contributed by atoms with Crippen molar-refractivity contribution in [3.05, 3.63) is 52.6 Å². The fourth-order valence-electron chi connectivity index (χ4n) is 1.73. The Kier molecular flexibility index (Phi) is 5.23. The van der Waals surface area contributed by atoms with Crippen LogP contribution in [0, 0.1) is 25.2 Å². The molecule has 1 heteroatoms. The third kappa shape index (κ3) is 3.60. The van der Waals surface area contributed by atoms with Crippen LogP contribution in [0.25, 0.3) is 6.08 Å². The first-order valence-electron chi connectivity index (χ1n) is 6.04. The Balaban J connectivity index is 2.95. The molecule has 0 aliphatic carbocycles. The minimum absolute atomic E-state index is 0.757. The van der Waals surface area contributed by atoms with E-state index in [1.807, 2.05) is 25.1 Å². The van der Waals surface area contributed by atoms with Crippen molar-refractivity contribution in [1.82, 2.24) is 0 Å². The summed E-state index contributed by atoms with van der Waals surface area (Å²) in [5.74, 6) is 0. The standard InChI is InChI=1S/C16H19N/c1-4-5-6-7-8-9-16-13(2)10-11-15(12-17)14(16)3/h6-11H,4-5H2,1-3H3/b7-6-,9-8-. The molecule has 0 N–H and O–H groups in total. The lowest BCUT2D eigenvalue weighted by Gasteiger charge is -2.06. The van der Waals surface area contributed by atoms with Gasteiger partial charge in [-0.2, -0.15) is 5.26 Å². The fraction of sp³-hybridized carbons (Fsp3) is 0.312. The highest BCUT2D eigenvalue weighted by Gasteiger charge is 2.03. The van der Waals surface area contributed by atoms with Crippen LogP contribution in [-0.2, 0) is 0 Å². The fourth-order valence-corrected chi connectivity index (χ4v) is 1.73. The summed E-state index contributed by atoms with van der Waals surface area (Å²) in [5, 5.41) is 8.99. The van der Waals surface area contributed by atoms with Crippen molar-refractivity contribution >= 4 is 6.08 Å². The SMILES string of the molecule is CCC/C=C\C=C/c1c(C)ccc(C#N)c1C. The molecule has 0 heterocycles. The maximum atomic E-state index is 8.99. The van der Waals surface area contributed by atoms with Gasteiger partial charge >= 0.3 is 0 Å². The van der Waals surface area contributed by atoms with Gasteiger partial charge in [-0.1, -0.05) is 43.7 Å². The second-order valence-electron chi connectivity index (χ2n) is 4.16. The summed E-state index contributed by atoms with van der Waals surface area (Å²) in [6.07, 6.45) is 10.6. The summed E-state index contributed by atoms with van der Waals surface area (Å²) in [6, 6.07) is 6.11. The Bertz CT molecular complexity index is 473. The van der Waals surface area contributed by atoms with Crippen molar-refractivity contribution in [3.8, 4) is 6.07 Å². The van der Waals surface area contributed by atoms with E-state index in [4.69, 9.17) is 5.26 Å². The van der Waals surface area contributed by atoms with E-state index in [1.165, 1.54) is 12.0 Å². The van der Waals surface area contributed by atoms with Crippen molar-refractivity contribution in [2.75, 3.05) is 0 Å². The van der Waals surface area contributed by atoms with Crippen LogP contribution >= 0.6 is 0 Å². The monoisotopic (exact) mass is 225 g/mol. The average molecular weight is 225 g/mol. The molecule has 1 rings (SSSR count). The Labute approximate surface area is 104 Å². The van der Waals surface area contributed by atoms with Gasteiger partial charge in [0.25, 0.3) is 0 Å². The number of nitrogens with zero attached hydrogens (tertiary/aromatic N) is 1. The number of benzene rings is 1. The van der Waals surface area contributed by atoms with Crippen LogP contribution in [0.3, 0.4) is 0 Å². The molecular formula is C16H19N. The highest BCUT2D eigenvalue weighted by atomic mass is 14.2. The number of hydrogen-bond acceptors (Lipinski definition) is 1. The maximum absolute atomic E-state index is 8.99. The van der Waals surface area contributed by atoms with Crippen LogP contribution in [0.2, 0.25) is 0 Å². The zero-order chi connectivity index (χ0) is 12.7. The molecule has 0 aliphatic rings. The van der Waals surface area contributed by atoms with E-state index in [0.717, 1.165) is 23.1 Å². The third-order valence-electron chi connectivity index (χ3n) is 2.82. The van der Waals surface area contributed by atoms with Crippen molar-refractivity contribution < 1.29 is 0 Å². The summed E-state index contributed by atoms with van der Waals surface area (Å²) in [4.78, 5) is 0. The highest BCUT2D eigenvalue weighted by Crippen LogP contribution is 2.19. The Morgan fingerprint density at radius 1 is 1.24 bits per heavy atom. The summed E-state index contributed by atoms with van der Waals surface area (Å²) in [6.45, 7) is 6.24. The van der Waals surface area contributed by atoms with Crippen LogP contribution in [0.5, 0.6) is 0 Å². The molecule has 0 aliphatic heterocycles. The van der Waals surface area contributed by atoms with Crippen LogP contribution in [-0.4, -0.2) is 0 Å². The lowest BCUT2D eigenvalue weighted by atomic mass is 9.98. The van der Waals surface area contributed by atoms with Gasteiger partial charge < -0.3 is 0 Å². The van der Waals surface area contributed by atoms with E-state index < -0.39 is 0 Å². The second-order valence-corrected chi connectivity index (χ2v) is 4.16. The molecule has 0 saturated carbocycles. The van der Waals surface area contributed by atoms with Gasteiger partial charge in [0.05, 0.1) is 11.6 Å². The average Bonchev–Trinajstić information content (AvgIpc) is 2.33. The molecule has 0 aromatic heterocycles. The van der Waals surface area contributed by atoms with E-state index >= 15 is 0 Å². The van der Waals surface area contributed by atoms with E-state index in [9.17, 15) is 0 Å². The van der Waals surface area contributed by atoms with Crippen molar-refractivity contribution in [3.63, 3.8) is 0 Å². The minimum Gasteiger partial charge on any atom is -0.192 e. The van der Waals surface area contributed by atoms with Gasteiger partial charge in [0.15, 0.2) is 0 Å². The zero-order valence-corrected chi connectivity index (χ0v) is 10.8. The molecule has 0 atom stereocenters. The molecule has 0 saturated heterocycles. The number of hydrogen-bond donors (Lipinski definition) is 0. The smallest absolute Gasteiger partial charge is 0.0994 e. The van der Waals surface area contributed by atoms with Crippen LogP contribution in [0.1, 0.15) is 42.0 Å². The number of unbranched alkanes of at least 4 members (excludes halogenated alkanes) is 1. The number of aryl methyl sites for hydroxylation is 1. The first kappa shape index (κ1) is 13.3. The molecule has 88 valence electrons. The molecule has 17 heavy (non-hydrogen) atoms. The van der Waals surface area contributed by atoms with Crippen molar-refractivity contribution in [2.24, 2.45) is 0 Å². The molecule has 0 spiro atoms. The predicted molar refractivity (Wildman–Crippen MR) is 73.7 cm³/mol. The molecular weight excluding hydrogens is 206 g/mol. The molecule has 0 amide bonds. The third-order valence-corrected chi connectivity index (χ3v) is 2.82. The first-order chi connectivity index (χ1) is 8.20. The van der Waals surface area contributed by atoms with E-state index in [2.05, 4.69) is 38.1 Å². The first-order valence-corrected chi connectivity index (χ1v) is 6.04. The lowest BCUT2D eigenvalue weighted by Crippen LogP contribution is -1.90. The molecule has 0 radical (unpaired) electrons. The molecule has 1 nitrogen and oxygen atoms in total. The van der Waals surface area contributed by atoms with Gasteiger partial charge in [-0.25, -0.2) is 0 Å². The quantitative estimate of drug-likeness (QED) is 0.690. The lowest BCUT2D eigenvalue weighted by molar-refractivity contribution is 0.959. The van der Waals surface area contributed by atoms with Crippen LogP contribution in [0.4, 0.5) is 0 Å². The number of rotatable bonds is 4. The van der Waals surface area contributed by atoms with E-state index in [0.29, 0.717) is 0 Å². The van der Waals surface area contributed by atoms with E-state index in [-0.39, 0.29) is 0 Å². The van der Waals surface area contributed by atoms with Crippen molar-refractivity contribution in [1.29, 1.82) is 5.26 Å². The van der Waals surface area contributed by atoms with E-state index in [1.54, 1.807) is 0 Å². The van der Waals surface area contributed by atoms with Crippen molar-refractivity contribution in [2.45, 2.75) is 33.6 Å². The van der Waals surface area contributed by atoms with Crippen LogP contribution < -0.4 is 0 Å². The van der Waals surface area contributed by atoms with Gasteiger partial charge in [-0.3, -0.25) is 0 Å². The topological polar surface area (TPSA) is 23.8 Å². The summed E-state index contributed by atoms with van der Waals surface area (Å²) >= 11 is 0. The number of allylic oxidation sites excluding steroid dienone is 3. The Hall–Kier alpha value is -1.81. The van der Waals surface area contributed by atoms with Gasteiger partial charge in [0.2, 0.25) is 0 Å².